The van der Waals surface area contributed by atoms with Crippen molar-refractivity contribution in [1.82, 2.24) is 0 Å². The van der Waals surface area contributed by atoms with Crippen LogP contribution in [0.3, 0.4) is 0 Å². The van der Waals surface area contributed by atoms with E-state index in [4.69, 9.17) is 4.74 Å². The average Bonchev–Trinajstić information content (AvgIpc) is 2.57. The third-order valence-corrected chi connectivity index (χ3v) is 6.43. The summed E-state index contributed by atoms with van der Waals surface area (Å²) >= 11 is -0.147. The second-order valence-electron chi connectivity index (χ2n) is 6.03. The van der Waals surface area contributed by atoms with E-state index in [0.717, 1.165) is 23.7 Å². The van der Waals surface area contributed by atoms with Crippen LogP contribution in [0.4, 0.5) is 0 Å². The molecule has 1 rings (SSSR count). The van der Waals surface area contributed by atoms with Crippen LogP contribution in [0.15, 0.2) is 54.1 Å². The number of rotatable bonds is 10. The van der Waals surface area contributed by atoms with Crippen molar-refractivity contribution < 1.29 is 14.6 Å². The molecule has 1 N–H and O–H groups in total. The van der Waals surface area contributed by atoms with Crippen LogP contribution in [0, 0.1) is 0 Å². The van der Waals surface area contributed by atoms with E-state index in [9.17, 15) is 9.90 Å². The van der Waals surface area contributed by atoms with Crippen molar-refractivity contribution in [2.75, 3.05) is 7.11 Å². The van der Waals surface area contributed by atoms with Crippen molar-refractivity contribution in [3.8, 4) is 0 Å². The van der Waals surface area contributed by atoms with Gasteiger partial charge in [0.1, 0.15) is 0 Å². The van der Waals surface area contributed by atoms with Gasteiger partial charge in [-0.25, -0.2) is 0 Å². The van der Waals surface area contributed by atoms with Crippen LogP contribution in [0.25, 0.3) is 0 Å². The fourth-order valence-electron chi connectivity index (χ4n) is 2.24. The minimum absolute atomic E-state index is 0.147. The zero-order chi connectivity index (χ0) is 17.9. The molecule has 0 radical (unpaired) electrons. The van der Waals surface area contributed by atoms with Gasteiger partial charge in [0.2, 0.25) is 0 Å². The van der Waals surface area contributed by atoms with E-state index in [2.05, 4.69) is 19.6 Å². The first-order valence-electron chi connectivity index (χ1n) is 8.21. The molecule has 4 heteroatoms. The third kappa shape index (κ3) is 7.96. The topological polar surface area (TPSA) is 46.5 Å². The van der Waals surface area contributed by atoms with Gasteiger partial charge in [-0.3, -0.25) is 0 Å². The zero-order valence-electron chi connectivity index (χ0n) is 14.8. The summed E-state index contributed by atoms with van der Waals surface area (Å²) in [7, 11) is 1.38. The molecule has 0 aliphatic heterocycles. The maximum absolute atomic E-state index is 12.1. The van der Waals surface area contributed by atoms with E-state index in [1.165, 1.54) is 18.3 Å². The molecule has 0 heterocycles. The van der Waals surface area contributed by atoms with Gasteiger partial charge in [0, 0.05) is 0 Å². The van der Waals surface area contributed by atoms with Crippen LogP contribution >= 0.6 is 0 Å². The van der Waals surface area contributed by atoms with E-state index >= 15 is 0 Å². The summed E-state index contributed by atoms with van der Waals surface area (Å²) < 4.78 is 5.99. The molecule has 24 heavy (non-hydrogen) atoms. The molecule has 0 unspecified atom stereocenters. The van der Waals surface area contributed by atoms with Crippen molar-refractivity contribution >= 4 is 25.4 Å². The Morgan fingerprint density at radius 3 is 2.54 bits per heavy atom. The van der Waals surface area contributed by atoms with Gasteiger partial charge >= 0.3 is 152 Å². The van der Waals surface area contributed by atoms with Crippen LogP contribution in [0.1, 0.15) is 39.5 Å². The molecule has 0 amide bonds. The molecule has 132 valence electrons. The number of allylic oxidation sites excluding steroid dienone is 3. The number of carbonyl (C=O) groups is 1. The predicted octanol–water partition coefficient (Wildman–Crippen LogP) is 3.42. The molecule has 0 saturated carbocycles. The normalized spacial score (nSPS) is 14.1. The fraction of sp³-hybridized carbons (Fsp3) is 0.450. The summed E-state index contributed by atoms with van der Waals surface area (Å²) in [5.41, 5.74) is 2.42. The number of carbonyl (C=O) groups excluding carboxylic acids is 1. The van der Waals surface area contributed by atoms with Crippen LogP contribution < -0.4 is 4.46 Å². The van der Waals surface area contributed by atoms with Crippen molar-refractivity contribution in [3.63, 3.8) is 0 Å². The molecule has 0 aromatic heterocycles. The summed E-state index contributed by atoms with van der Waals surface area (Å²) in [5, 5.41) is 10.5. The molecule has 0 saturated heterocycles. The molecule has 0 aliphatic rings. The Bertz CT molecular complexity index is 551. The summed E-state index contributed by atoms with van der Waals surface area (Å²) in [5.74, 6) is -0.324. The van der Waals surface area contributed by atoms with Crippen molar-refractivity contribution in [2.45, 2.75) is 50.5 Å². The van der Waals surface area contributed by atoms with Gasteiger partial charge in [0.15, 0.2) is 0 Å². The van der Waals surface area contributed by atoms with E-state index in [0.29, 0.717) is 6.42 Å². The van der Waals surface area contributed by atoms with Gasteiger partial charge in [-0.05, 0) is 0 Å². The van der Waals surface area contributed by atoms with E-state index in [1.807, 2.05) is 37.3 Å². The number of ether oxygens (including phenoxy) is 1. The van der Waals surface area contributed by atoms with Gasteiger partial charge in [0.05, 0.1) is 0 Å². The maximum atomic E-state index is 12.1. The molecule has 2 atom stereocenters. The quantitative estimate of drug-likeness (QED) is 0.375. The molecular formula is C20H28O3Se. The van der Waals surface area contributed by atoms with Crippen LogP contribution in [0.2, 0.25) is 4.82 Å². The van der Waals surface area contributed by atoms with Gasteiger partial charge in [-0.1, -0.05) is 0 Å². The molecule has 0 fully saturated rings. The first kappa shape index (κ1) is 20.7. The Morgan fingerprint density at radius 2 is 1.96 bits per heavy atom. The Labute approximate surface area is 152 Å². The van der Waals surface area contributed by atoms with Crippen LogP contribution in [-0.2, 0) is 9.53 Å². The molecule has 0 aliphatic carbocycles. The Balaban J connectivity index is 2.60. The Kier molecular flexibility index (Phi) is 9.70. The number of aliphatic hydroxyl groups excluding tert-OH is 1. The van der Waals surface area contributed by atoms with E-state index in [-0.39, 0.29) is 20.9 Å². The minimum atomic E-state index is -0.679. The first-order valence-corrected chi connectivity index (χ1v) is 10.1. The van der Waals surface area contributed by atoms with Crippen LogP contribution in [0.5, 0.6) is 0 Å². The number of aliphatic hydroxyl groups is 1. The van der Waals surface area contributed by atoms with E-state index < -0.39 is 10.9 Å². The molecule has 3 nitrogen and oxygen atoms in total. The third-order valence-electron chi connectivity index (χ3n) is 3.69. The summed E-state index contributed by atoms with van der Waals surface area (Å²) in [6.45, 7) is 8.00. The van der Waals surface area contributed by atoms with Gasteiger partial charge in [-0.2, -0.15) is 0 Å². The second kappa shape index (κ2) is 11.2. The molecule has 0 spiro atoms. The molecule has 0 bridgehead atoms. The SMILES string of the molecule is C=C(C)CC/C=C(\C)CC[C@H](O)[C@H]([Se]c1ccccc1)C(=O)OC. The first-order chi connectivity index (χ1) is 11.4. The Morgan fingerprint density at radius 1 is 1.29 bits per heavy atom. The number of hydrogen-bond donors (Lipinski definition) is 1. The standard InChI is InChI=1S/C20H28O3Se/c1-15(2)9-8-10-16(3)13-14-18(21)19(20(22)23-4)24-17-11-6-5-7-12-17/h5-7,10-12,18-19,21H,1,8-9,13-14H2,2-4H3/b16-10+/t18-,19-/m0/s1. The van der Waals surface area contributed by atoms with Crippen molar-refractivity contribution in [1.29, 1.82) is 0 Å². The number of hydrogen-bond acceptors (Lipinski definition) is 3. The van der Waals surface area contributed by atoms with Crippen molar-refractivity contribution in [3.05, 3.63) is 54.1 Å². The molecule has 1 aromatic carbocycles. The number of benzene rings is 1. The summed E-state index contributed by atoms with van der Waals surface area (Å²) in [6.07, 6.45) is 4.84. The Hall–Kier alpha value is -1.35. The average molecular weight is 395 g/mol. The van der Waals surface area contributed by atoms with Gasteiger partial charge in [-0.15, -0.1) is 0 Å². The zero-order valence-corrected chi connectivity index (χ0v) is 16.5. The van der Waals surface area contributed by atoms with Gasteiger partial charge < -0.3 is 0 Å². The predicted molar refractivity (Wildman–Crippen MR) is 101 cm³/mol. The monoisotopic (exact) mass is 396 g/mol. The number of esters is 1. The summed E-state index contributed by atoms with van der Waals surface area (Å²) in [6, 6.07) is 9.83. The van der Waals surface area contributed by atoms with Crippen molar-refractivity contribution in [2.24, 2.45) is 0 Å². The summed E-state index contributed by atoms with van der Waals surface area (Å²) in [4.78, 5) is 11.6. The van der Waals surface area contributed by atoms with Gasteiger partial charge in [0.25, 0.3) is 0 Å². The second-order valence-corrected chi connectivity index (χ2v) is 8.58. The molecular weight excluding hydrogens is 367 g/mol. The molecule has 1 aromatic rings. The van der Waals surface area contributed by atoms with Crippen LogP contribution in [-0.4, -0.2) is 39.2 Å². The van der Waals surface area contributed by atoms with E-state index in [1.54, 1.807) is 0 Å². The number of methoxy groups -OCH3 is 1. The fourth-order valence-corrected chi connectivity index (χ4v) is 4.53.